The Kier molecular flexibility index (Phi) is 3.44. The first-order valence-electron chi connectivity index (χ1n) is 6.55. The molecule has 1 heterocycles. The van der Waals surface area contributed by atoms with Crippen molar-refractivity contribution in [3.8, 4) is 0 Å². The molecule has 0 saturated carbocycles. The van der Waals surface area contributed by atoms with Crippen LogP contribution in [0.2, 0.25) is 0 Å². The highest BCUT2D eigenvalue weighted by atomic mass is 16.2. The summed E-state index contributed by atoms with van der Waals surface area (Å²) in [5.74, 6) is 0.626. The molecule has 0 radical (unpaired) electrons. The Morgan fingerprint density at radius 2 is 2.11 bits per heavy atom. The van der Waals surface area contributed by atoms with Crippen LogP contribution in [0.3, 0.4) is 0 Å². The van der Waals surface area contributed by atoms with Crippen molar-refractivity contribution in [2.75, 3.05) is 18.0 Å². The summed E-state index contributed by atoms with van der Waals surface area (Å²) < 4.78 is 0. The van der Waals surface area contributed by atoms with Crippen molar-refractivity contribution >= 4 is 11.6 Å². The molecular weight excluding hydrogens is 224 g/mol. The second kappa shape index (κ2) is 4.73. The van der Waals surface area contributed by atoms with Crippen LogP contribution < -0.4 is 10.6 Å². The van der Waals surface area contributed by atoms with E-state index in [1.807, 2.05) is 36.9 Å². The molecule has 1 amide bonds. The number of para-hydroxylation sites is 1. The fourth-order valence-electron chi connectivity index (χ4n) is 2.44. The Morgan fingerprint density at radius 1 is 1.44 bits per heavy atom. The van der Waals surface area contributed by atoms with Crippen molar-refractivity contribution < 1.29 is 4.79 Å². The number of carbonyl (C=O) groups is 1. The zero-order valence-corrected chi connectivity index (χ0v) is 11.4. The van der Waals surface area contributed by atoms with Gasteiger partial charge < -0.3 is 10.6 Å². The van der Waals surface area contributed by atoms with E-state index in [2.05, 4.69) is 13.0 Å². The Hall–Kier alpha value is -1.35. The number of rotatable bonds is 2. The van der Waals surface area contributed by atoms with Gasteiger partial charge >= 0.3 is 0 Å². The molecule has 98 valence electrons. The molecule has 1 aliphatic rings. The Balaban J connectivity index is 2.37. The SMILES string of the molecule is CC1Cc2ccccc2N(C(=O)C(C)(C)CN)C1. The van der Waals surface area contributed by atoms with E-state index in [9.17, 15) is 4.79 Å². The van der Waals surface area contributed by atoms with Crippen LogP contribution in [-0.2, 0) is 11.2 Å². The molecule has 0 fully saturated rings. The molecule has 0 aliphatic carbocycles. The molecule has 2 rings (SSSR count). The van der Waals surface area contributed by atoms with Crippen molar-refractivity contribution in [1.82, 2.24) is 0 Å². The summed E-state index contributed by atoms with van der Waals surface area (Å²) >= 11 is 0. The van der Waals surface area contributed by atoms with Crippen LogP contribution in [0.1, 0.15) is 26.3 Å². The van der Waals surface area contributed by atoms with E-state index in [0.29, 0.717) is 12.5 Å². The van der Waals surface area contributed by atoms with Gasteiger partial charge in [-0.2, -0.15) is 0 Å². The summed E-state index contributed by atoms with van der Waals surface area (Å²) in [5.41, 5.74) is 7.54. The molecule has 3 heteroatoms. The standard InChI is InChI=1S/C15H22N2O/c1-11-8-12-6-4-5-7-13(12)17(9-11)14(18)15(2,3)10-16/h4-7,11H,8-10,16H2,1-3H3. The van der Waals surface area contributed by atoms with Gasteiger partial charge in [0.05, 0.1) is 5.41 Å². The van der Waals surface area contributed by atoms with Crippen LogP contribution in [0.4, 0.5) is 5.69 Å². The van der Waals surface area contributed by atoms with Crippen molar-refractivity contribution in [2.45, 2.75) is 27.2 Å². The third-order valence-corrected chi connectivity index (χ3v) is 3.68. The van der Waals surface area contributed by atoms with Gasteiger partial charge in [-0.3, -0.25) is 4.79 Å². The molecule has 2 N–H and O–H groups in total. The number of fused-ring (bicyclic) bond motifs is 1. The first kappa shape index (κ1) is 13.1. The molecule has 1 aromatic carbocycles. The third-order valence-electron chi connectivity index (χ3n) is 3.68. The first-order chi connectivity index (χ1) is 8.45. The van der Waals surface area contributed by atoms with Gasteiger partial charge in [-0.1, -0.05) is 25.1 Å². The highest BCUT2D eigenvalue weighted by molar-refractivity contribution is 5.98. The number of benzene rings is 1. The molecular formula is C15H22N2O. The van der Waals surface area contributed by atoms with Crippen molar-refractivity contribution in [3.05, 3.63) is 29.8 Å². The van der Waals surface area contributed by atoms with E-state index in [-0.39, 0.29) is 5.91 Å². The lowest BCUT2D eigenvalue weighted by Gasteiger charge is -2.37. The zero-order valence-electron chi connectivity index (χ0n) is 11.4. The minimum Gasteiger partial charge on any atom is -0.329 e. The minimum atomic E-state index is -0.496. The summed E-state index contributed by atoms with van der Waals surface area (Å²) in [7, 11) is 0. The molecule has 1 aliphatic heterocycles. The molecule has 0 bridgehead atoms. The normalized spacial score (nSPS) is 19.6. The molecule has 0 spiro atoms. The van der Waals surface area contributed by atoms with E-state index in [4.69, 9.17) is 5.73 Å². The zero-order chi connectivity index (χ0) is 13.3. The number of nitrogens with two attached hydrogens (primary N) is 1. The second-order valence-corrected chi connectivity index (χ2v) is 5.94. The maximum Gasteiger partial charge on any atom is 0.233 e. The van der Waals surface area contributed by atoms with Gasteiger partial charge in [0.1, 0.15) is 0 Å². The van der Waals surface area contributed by atoms with E-state index < -0.39 is 5.41 Å². The summed E-state index contributed by atoms with van der Waals surface area (Å²) in [5, 5.41) is 0. The molecule has 0 aromatic heterocycles. The van der Waals surface area contributed by atoms with Crippen molar-refractivity contribution in [2.24, 2.45) is 17.1 Å². The van der Waals surface area contributed by atoms with Crippen LogP contribution in [0.5, 0.6) is 0 Å². The Bertz CT molecular complexity index is 454. The topological polar surface area (TPSA) is 46.3 Å². The summed E-state index contributed by atoms with van der Waals surface area (Å²) in [6.45, 7) is 7.18. The third kappa shape index (κ3) is 2.27. The number of hydrogen-bond donors (Lipinski definition) is 1. The molecule has 0 saturated heterocycles. The second-order valence-electron chi connectivity index (χ2n) is 5.94. The van der Waals surface area contributed by atoms with Crippen molar-refractivity contribution in [3.63, 3.8) is 0 Å². The number of hydrogen-bond acceptors (Lipinski definition) is 2. The van der Waals surface area contributed by atoms with Crippen LogP contribution in [0, 0.1) is 11.3 Å². The first-order valence-corrected chi connectivity index (χ1v) is 6.55. The number of amides is 1. The van der Waals surface area contributed by atoms with Gasteiger partial charge in [0.2, 0.25) is 5.91 Å². The van der Waals surface area contributed by atoms with E-state index in [1.54, 1.807) is 0 Å². The summed E-state index contributed by atoms with van der Waals surface area (Å²) in [6, 6.07) is 8.17. The molecule has 1 unspecified atom stereocenters. The lowest BCUT2D eigenvalue weighted by molar-refractivity contribution is -0.126. The average Bonchev–Trinajstić information content (AvgIpc) is 2.36. The highest BCUT2D eigenvalue weighted by Gasteiger charge is 2.34. The van der Waals surface area contributed by atoms with Gasteiger partial charge in [-0.05, 0) is 37.8 Å². The lowest BCUT2D eigenvalue weighted by Crippen LogP contribution is -2.48. The smallest absolute Gasteiger partial charge is 0.233 e. The number of nitrogens with zero attached hydrogens (tertiary/aromatic N) is 1. The molecule has 3 nitrogen and oxygen atoms in total. The average molecular weight is 246 g/mol. The minimum absolute atomic E-state index is 0.129. The van der Waals surface area contributed by atoms with Gasteiger partial charge in [-0.15, -0.1) is 0 Å². The van der Waals surface area contributed by atoms with E-state index >= 15 is 0 Å². The van der Waals surface area contributed by atoms with E-state index in [1.165, 1.54) is 5.56 Å². The maximum atomic E-state index is 12.6. The van der Waals surface area contributed by atoms with Gasteiger partial charge in [0.25, 0.3) is 0 Å². The number of anilines is 1. The molecule has 18 heavy (non-hydrogen) atoms. The lowest BCUT2D eigenvalue weighted by atomic mass is 9.88. The van der Waals surface area contributed by atoms with Crippen LogP contribution >= 0.6 is 0 Å². The molecule has 1 aromatic rings. The number of carbonyl (C=O) groups excluding carboxylic acids is 1. The fourth-order valence-corrected chi connectivity index (χ4v) is 2.44. The quantitative estimate of drug-likeness (QED) is 0.869. The maximum absolute atomic E-state index is 12.6. The van der Waals surface area contributed by atoms with Crippen LogP contribution in [0.25, 0.3) is 0 Å². The largest absolute Gasteiger partial charge is 0.329 e. The summed E-state index contributed by atoms with van der Waals surface area (Å²) in [4.78, 5) is 14.5. The van der Waals surface area contributed by atoms with Gasteiger partial charge in [0.15, 0.2) is 0 Å². The predicted molar refractivity (Wildman–Crippen MR) is 74.5 cm³/mol. The fraction of sp³-hybridized carbons (Fsp3) is 0.533. The van der Waals surface area contributed by atoms with Crippen molar-refractivity contribution in [1.29, 1.82) is 0 Å². The van der Waals surface area contributed by atoms with Crippen LogP contribution in [0.15, 0.2) is 24.3 Å². The molecule has 1 atom stereocenters. The Labute approximate surface area is 109 Å². The van der Waals surface area contributed by atoms with Gasteiger partial charge in [0, 0.05) is 18.8 Å². The van der Waals surface area contributed by atoms with E-state index in [0.717, 1.165) is 18.7 Å². The highest BCUT2D eigenvalue weighted by Crippen LogP contribution is 2.32. The van der Waals surface area contributed by atoms with Gasteiger partial charge in [-0.25, -0.2) is 0 Å². The Morgan fingerprint density at radius 3 is 2.78 bits per heavy atom. The summed E-state index contributed by atoms with van der Waals surface area (Å²) in [6.07, 6.45) is 1.04. The van der Waals surface area contributed by atoms with Crippen LogP contribution in [-0.4, -0.2) is 19.0 Å². The monoisotopic (exact) mass is 246 g/mol. The predicted octanol–water partition coefficient (Wildman–Crippen LogP) is 2.20.